The molecule has 0 spiro atoms. The zero-order chi connectivity index (χ0) is 13.0. The molecule has 1 saturated heterocycles. The second kappa shape index (κ2) is 5.77. The summed E-state index contributed by atoms with van der Waals surface area (Å²) >= 11 is 0. The fourth-order valence-corrected chi connectivity index (χ4v) is 2.01. The van der Waals surface area contributed by atoms with Gasteiger partial charge in [-0.15, -0.1) is 0 Å². The minimum atomic E-state index is -0.118. The van der Waals surface area contributed by atoms with Crippen LogP contribution in [0.15, 0.2) is 18.6 Å². The average Bonchev–Trinajstić information content (AvgIpc) is 2.47. The van der Waals surface area contributed by atoms with E-state index in [0.717, 1.165) is 32.0 Å². The lowest BCUT2D eigenvalue weighted by Crippen LogP contribution is -2.53. The largest absolute Gasteiger partial charge is 0.352 e. The molecule has 1 N–H and O–H groups in total. The maximum Gasteiger partial charge on any atom is 0.239 e. The van der Waals surface area contributed by atoms with Crippen LogP contribution in [-0.4, -0.2) is 60.0 Å². The van der Waals surface area contributed by atoms with Crippen LogP contribution in [0.25, 0.3) is 0 Å². The first kappa shape index (κ1) is 12.8. The molecular formula is C12H19N5O. The number of hydrogen-bond acceptors (Lipinski definition) is 5. The summed E-state index contributed by atoms with van der Waals surface area (Å²) < 4.78 is 0. The van der Waals surface area contributed by atoms with Gasteiger partial charge in [-0.05, 0) is 14.0 Å². The molecule has 0 aliphatic carbocycles. The molecule has 1 unspecified atom stereocenters. The van der Waals surface area contributed by atoms with Crippen molar-refractivity contribution in [2.45, 2.75) is 13.0 Å². The van der Waals surface area contributed by atoms with Gasteiger partial charge in [-0.1, -0.05) is 0 Å². The van der Waals surface area contributed by atoms with Gasteiger partial charge in [0.15, 0.2) is 0 Å². The molecule has 0 bridgehead atoms. The molecule has 1 amide bonds. The Labute approximate surface area is 107 Å². The summed E-state index contributed by atoms with van der Waals surface area (Å²) in [6.45, 7) is 4.97. The Morgan fingerprint density at radius 1 is 1.33 bits per heavy atom. The van der Waals surface area contributed by atoms with Crippen molar-refractivity contribution in [1.29, 1.82) is 0 Å². The van der Waals surface area contributed by atoms with E-state index in [-0.39, 0.29) is 11.9 Å². The van der Waals surface area contributed by atoms with Gasteiger partial charge in [-0.25, -0.2) is 4.98 Å². The monoisotopic (exact) mass is 249 g/mol. The fourth-order valence-electron chi connectivity index (χ4n) is 2.01. The highest BCUT2D eigenvalue weighted by Gasteiger charge is 2.24. The zero-order valence-electron chi connectivity index (χ0n) is 10.8. The van der Waals surface area contributed by atoms with Gasteiger partial charge in [0, 0.05) is 38.6 Å². The topological polar surface area (TPSA) is 61.4 Å². The molecule has 2 heterocycles. The van der Waals surface area contributed by atoms with Crippen molar-refractivity contribution in [3.05, 3.63) is 18.6 Å². The van der Waals surface area contributed by atoms with Crippen LogP contribution in [0.4, 0.5) is 5.82 Å². The molecule has 0 aromatic carbocycles. The Morgan fingerprint density at radius 3 is 2.61 bits per heavy atom. The van der Waals surface area contributed by atoms with Gasteiger partial charge in [0.2, 0.25) is 5.91 Å². The van der Waals surface area contributed by atoms with Crippen LogP contribution in [0.2, 0.25) is 0 Å². The van der Waals surface area contributed by atoms with E-state index >= 15 is 0 Å². The van der Waals surface area contributed by atoms with Gasteiger partial charge in [0.1, 0.15) is 5.82 Å². The van der Waals surface area contributed by atoms with Gasteiger partial charge in [-0.3, -0.25) is 9.78 Å². The number of rotatable bonds is 3. The Kier molecular flexibility index (Phi) is 4.09. The summed E-state index contributed by atoms with van der Waals surface area (Å²) in [6, 6.07) is -0.118. The number of hydrogen-bond donors (Lipinski definition) is 1. The molecule has 98 valence electrons. The first-order valence-corrected chi connectivity index (χ1v) is 6.19. The van der Waals surface area contributed by atoms with E-state index in [9.17, 15) is 4.79 Å². The predicted molar refractivity (Wildman–Crippen MR) is 69.3 cm³/mol. The smallest absolute Gasteiger partial charge is 0.239 e. The number of amides is 1. The van der Waals surface area contributed by atoms with Crippen LogP contribution in [-0.2, 0) is 4.79 Å². The van der Waals surface area contributed by atoms with Crippen molar-refractivity contribution in [2.24, 2.45) is 0 Å². The molecule has 0 radical (unpaired) electrons. The van der Waals surface area contributed by atoms with Crippen LogP contribution in [0.3, 0.4) is 0 Å². The van der Waals surface area contributed by atoms with Crippen molar-refractivity contribution in [3.8, 4) is 0 Å². The highest BCUT2D eigenvalue weighted by atomic mass is 16.2. The van der Waals surface area contributed by atoms with Gasteiger partial charge in [0.05, 0.1) is 12.2 Å². The van der Waals surface area contributed by atoms with Crippen molar-refractivity contribution in [1.82, 2.24) is 20.2 Å². The standard InChI is InChI=1S/C12H19N5O/c1-10(13-2)12(18)17-7-5-16(6-8-17)11-9-14-3-4-15-11/h3-4,9-10,13H,5-8H2,1-2H3. The third-order valence-corrected chi connectivity index (χ3v) is 3.27. The summed E-state index contributed by atoms with van der Waals surface area (Å²) in [6.07, 6.45) is 5.11. The fraction of sp³-hybridized carbons (Fsp3) is 0.583. The second-order valence-corrected chi connectivity index (χ2v) is 4.39. The third-order valence-electron chi connectivity index (χ3n) is 3.27. The number of likely N-dealkylation sites (N-methyl/N-ethyl adjacent to an activating group) is 1. The first-order valence-electron chi connectivity index (χ1n) is 6.19. The molecule has 0 saturated carbocycles. The van der Waals surface area contributed by atoms with E-state index in [1.54, 1.807) is 25.6 Å². The summed E-state index contributed by atoms with van der Waals surface area (Å²) in [5.74, 6) is 1.04. The molecular weight excluding hydrogens is 230 g/mol. The normalized spacial score (nSPS) is 17.7. The number of carbonyl (C=O) groups excluding carboxylic acids is 1. The highest BCUT2D eigenvalue weighted by molar-refractivity contribution is 5.81. The molecule has 1 aromatic heterocycles. The Bertz CT molecular complexity index is 389. The minimum Gasteiger partial charge on any atom is -0.352 e. The number of nitrogens with one attached hydrogen (secondary N) is 1. The lowest BCUT2D eigenvalue weighted by molar-refractivity contribution is -0.133. The minimum absolute atomic E-state index is 0.118. The van der Waals surface area contributed by atoms with E-state index in [2.05, 4.69) is 20.2 Å². The van der Waals surface area contributed by atoms with Gasteiger partial charge in [0.25, 0.3) is 0 Å². The molecule has 6 nitrogen and oxygen atoms in total. The first-order chi connectivity index (χ1) is 8.72. The Balaban J connectivity index is 1.90. The van der Waals surface area contributed by atoms with Crippen molar-refractivity contribution in [3.63, 3.8) is 0 Å². The van der Waals surface area contributed by atoms with Crippen LogP contribution >= 0.6 is 0 Å². The maximum absolute atomic E-state index is 12.0. The van der Waals surface area contributed by atoms with Crippen LogP contribution in [0.1, 0.15) is 6.92 Å². The second-order valence-electron chi connectivity index (χ2n) is 4.39. The van der Waals surface area contributed by atoms with Crippen molar-refractivity contribution < 1.29 is 4.79 Å². The summed E-state index contributed by atoms with van der Waals surface area (Å²) in [5.41, 5.74) is 0. The molecule has 18 heavy (non-hydrogen) atoms. The number of piperazine rings is 1. The van der Waals surface area contributed by atoms with Crippen molar-refractivity contribution in [2.75, 3.05) is 38.1 Å². The molecule has 1 fully saturated rings. The van der Waals surface area contributed by atoms with Crippen LogP contribution in [0.5, 0.6) is 0 Å². The molecule has 1 aliphatic heterocycles. The van der Waals surface area contributed by atoms with Crippen LogP contribution in [0, 0.1) is 0 Å². The number of anilines is 1. The molecule has 2 rings (SSSR count). The molecule has 1 aliphatic rings. The van der Waals surface area contributed by atoms with E-state index in [0.29, 0.717) is 0 Å². The van der Waals surface area contributed by atoms with E-state index < -0.39 is 0 Å². The summed E-state index contributed by atoms with van der Waals surface area (Å²) in [5, 5.41) is 2.98. The SMILES string of the molecule is CNC(C)C(=O)N1CCN(c2cnccn2)CC1. The van der Waals surface area contributed by atoms with Crippen molar-refractivity contribution >= 4 is 11.7 Å². The predicted octanol–water partition coefficient (Wildman–Crippen LogP) is -0.267. The quantitative estimate of drug-likeness (QED) is 0.799. The lowest BCUT2D eigenvalue weighted by atomic mass is 10.2. The van der Waals surface area contributed by atoms with E-state index in [1.807, 2.05) is 11.8 Å². The molecule has 1 atom stereocenters. The zero-order valence-corrected chi connectivity index (χ0v) is 10.8. The summed E-state index contributed by atoms with van der Waals surface area (Å²) in [7, 11) is 1.80. The molecule has 6 heteroatoms. The van der Waals surface area contributed by atoms with Gasteiger partial charge < -0.3 is 15.1 Å². The van der Waals surface area contributed by atoms with Crippen LogP contribution < -0.4 is 10.2 Å². The lowest BCUT2D eigenvalue weighted by Gasteiger charge is -2.36. The third kappa shape index (κ3) is 2.76. The van der Waals surface area contributed by atoms with Gasteiger partial charge >= 0.3 is 0 Å². The summed E-state index contributed by atoms with van der Waals surface area (Å²) in [4.78, 5) is 24.4. The number of nitrogens with zero attached hydrogens (tertiary/aromatic N) is 4. The van der Waals surface area contributed by atoms with E-state index in [4.69, 9.17) is 0 Å². The average molecular weight is 249 g/mol. The number of aromatic nitrogens is 2. The van der Waals surface area contributed by atoms with Gasteiger partial charge in [-0.2, -0.15) is 0 Å². The Hall–Kier alpha value is -1.69. The highest BCUT2D eigenvalue weighted by Crippen LogP contribution is 2.11. The maximum atomic E-state index is 12.0. The Morgan fingerprint density at radius 2 is 2.06 bits per heavy atom. The number of carbonyl (C=O) groups is 1. The van der Waals surface area contributed by atoms with E-state index in [1.165, 1.54) is 0 Å². The molecule has 1 aromatic rings.